The monoisotopic (exact) mass is 526 g/mol. The van der Waals surface area contributed by atoms with Crippen LogP contribution in [-0.4, -0.2) is 11.9 Å². The molecule has 188 valence electrons. The number of hydrogen-bond acceptors (Lipinski definition) is 5. The molecule has 6 aromatic carbocycles. The average Bonchev–Trinajstić information content (AvgIpc) is 3.00. The minimum Gasteiger partial charge on any atom is -0.422 e. The summed E-state index contributed by atoms with van der Waals surface area (Å²) < 4.78 is 12.1. The van der Waals surface area contributed by atoms with Crippen LogP contribution in [0.4, 0.5) is 0 Å². The standard InChI is InChI=1S/C34H22O4S/c35-33(23-12-4-1-5-13-23)37-31-27-18-10-11-19-28(27)32(38-34(36)24-14-6-2-7-15-24)30-22-26(20-21-29(30)31)39-25-16-8-3-9-17-25/h1-22H. The minimum absolute atomic E-state index is 0.421. The van der Waals surface area contributed by atoms with E-state index in [9.17, 15) is 9.59 Å². The quantitative estimate of drug-likeness (QED) is 0.124. The summed E-state index contributed by atoms with van der Waals surface area (Å²) in [5.74, 6) is -0.0780. The van der Waals surface area contributed by atoms with Gasteiger partial charge in [0.15, 0.2) is 0 Å². The number of hydrogen-bond donors (Lipinski definition) is 0. The molecular formula is C34H22O4S. The molecule has 0 fully saturated rings. The van der Waals surface area contributed by atoms with Gasteiger partial charge < -0.3 is 9.47 Å². The minimum atomic E-state index is -0.461. The summed E-state index contributed by atoms with van der Waals surface area (Å²) in [5, 5.41) is 2.70. The Morgan fingerprint density at radius 2 is 0.872 bits per heavy atom. The van der Waals surface area contributed by atoms with Crippen molar-refractivity contribution >= 4 is 45.2 Å². The van der Waals surface area contributed by atoms with E-state index in [1.165, 1.54) is 0 Å². The number of rotatable bonds is 6. The molecule has 4 nitrogen and oxygen atoms in total. The predicted molar refractivity (Wildman–Crippen MR) is 155 cm³/mol. The number of fused-ring (bicyclic) bond motifs is 2. The zero-order valence-corrected chi connectivity index (χ0v) is 21.6. The van der Waals surface area contributed by atoms with E-state index in [0.717, 1.165) is 9.79 Å². The summed E-state index contributed by atoms with van der Waals surface area (Å²) in [6.45, 7) is 0. The third-order valence-corrected chi connectivity index (χ3v) is 7.28. The van der Waals surface area contributed by atoms with Crippen molar-refractivity contribution in [3.63, 3.8) is 0 Å². The van der Waals surface area contributed by atoms with Crippen molar-refractivity contribution in [3.05, 3.63) is 145 Å². The molecular weight excluding hydrogens is 504 g/mol. The first kappa shape index (κ1) is 24.5. The summed E-state index contributed by atoms with van der Waals surface area (Å²) >= 11 is 1.60. The van der Waals surface area contributed by atoms with Crippen LogP contribution in [0.2, 0.25) is 0 Å². The number of carbonyl (C=O) groups excluding carboxylic acids is 2. The van der Waals surface area contributed by atoms with Crippen LogP contribution in [-0.2, 0) is 0 Å². The first-order valence-corrected chi connectivity index (χ1v) is 13.2. The maximum Gasteiger partial charge on any atom is 0.343 e. The molecule has 0 saturated heterocycles. The largest absolute Gasteiger partial charge is 0.422 e. The van der Waals surface area contributed by atoms with E-state index in [-0.39, 0.29) is 0 Å². The second-order valence-corrected chi connectivity index (χ2v) is 9.98. The van der Waals surface area contributed by atoms with E-state index in [1.807, 2.05) is 84.9 Å². The molecule has 0 heterocycles. The second-order valence-electron chi connectivity index (χ2n) is 8.84. The lowest BCUT2D eigenvalue weighted by Gasteiger charge is -2.17. The van der Waals surface area contributed by atoms with E-state index in [4.69, 9.17) is 9.47 Å². The summed E-state index contributed by atoms with van der Waals surface area (Å²) in [6.07, 6.45) is 0. The molecule has 0 bridgehead atoms. The number of ether oxygens (including phenoxy) is 2. The highest BCUT2D eigenvalue weighted by atomic mass is 32.2. The highest BCUT2D eigenvalue weighted by Crippen LogP contribution is 2.45. The lowest BCUT2D eigenvalue weighted by Crippen LogP contribution is -2.11. The van der Waals surface area contributed by atoms with Gasteiger partial charge in [-0.1, -0.05) is 90.6 Å². The van der Waals surface area contributed by atoms with E-state index < -0.39 is 11.9 Å². The zero-order chi connectivity index (χ0) is 26.6. The van der Waals surface area contributed by atoms with Crippen LogP contribution < -0.4 is 9.47 Å². The van der Waals surface area contributed by atoms with E-state index in [2.05, 4.69) is 0 Å². The third-order valence-electron chi connectivity index (χ3n) is 6.28. The Bertz CT molecular complexity index is 1800. The predicted octanol–water partition coefficient (Wildman–Crippen LogP) is 8.58. The normalized spacial score (nSPS) is 10.9. The van der Waals surface area contributed by atoms with Gasteiger partial charge in [-0.2, -0.15) is 0 Å². The molecule has 0 aromatic heterocycles. The van der Waals surface area contributed by atoms with Crippen molar-refractivity contribution in [2.24, 2.45) is 0 Å². The summed E-state index contributed by atoms with van der Waals surface area (Å²) in [5.41, 5.74) is 0.898. The van der Waals surface area contributed by atoms with Crippen LogP contribution in [0.5, 0.6) is 11.5 Å². The number of carbonyl (C=O) groups is 2. The molecule has 6 aromatic rings. The van der Waals surface area contributed by atoms with Crippen molar-refractivity contribution in [1.29, 1.82) is 0 Å². The molecule has 0 saturated carbocycles. The topological polar surface area (TPSA) is 52.6 Å². The van der Waals surface area contributed by atoms with Gasteiger partial charge in [0.05, 0.1) is 11.1 Å². The Morgan fingerprint density at radius 1 is 0.436 bits per heavy atom. The second kappa shape index (κ2) is 10.9. The van der Waals surface area contributed by atoms with Crippen molar-refractivity contribution in [1.82, 2.24) is 0 Å². The van der Waals surface area contributed by atoms with Gasteiger partial charge in [0, 0.05) is 31.3 Å². The lowest BCUT2D eigenvalue weighted by molar-refractivity contribution is 0.0726. The SMILES string of the molecule is O=C(Oc1c2ccccc2c(OC(=O)c2ccccc2)c2cc(Sc3ccccc3)ccc12)c1ccccc1. The van der Waals surface area contributed by atoms with Crippen LogP contribution in [0, 0.1) is 0 Å². The molecule has 0 aliphatic heterocycles. The molecule has 0 unspecified atom stereocenters. The lowest BCUT2D eigenvalue weighted by atomic mass is 10.0. The Hall–Kier alpha value is -4.87. The van der Waals surface area contributed by atoms with Gasteiger partial charge in [-0.25, -0.2) is 9.59 Å². The highest BCUT2D eigenvalue weighted by Gasteiger charge is 2.22. The number of benzene rings is 6. The molecule has 39 heavy (non-hydrogen) atoms. The van der Waals surface area contributed by atoms with E-state index >= 15 is 0 Å². The number of esters is 2. The van der Waals surface area contributed by atoms with Crippen molar-refractivity contribution in [2.45, 2.75) is 9.79 Å². The first-order valence-electron chi connectivity index (χ1n) is 12.4. The smallest absolute Gasteiger partial charge is 0.343 e. The Labute approximate surface area is 229 Å². The van der Waals surface area contributed by atoms with Crippen LogP contribution in [0.25, 0.3) is 21.5 Å². The van der Waals surface area contributed by atoms with Crippen LogP contribution in [0.15, 0.2) is 143 Å². The van der Waals surface area contributed by atoms with E-state index in [1.54, 1.807) is 60.3 Å². The molecule has 0 aliphatic rings. The zero-order valence-electron chi connectivity index (χ0n) is 20.7. The van der Waals surface area contributed by atoms with Crippen LogP contribution >= 0.6 is 11.8 Å². The van der Waals surface area contributed by atoms with E-state index in [0.29, 0.717) is 44.2 Å². The molecule has 0 atom stereocenters. The molecule has 0 spiro atoms. The fraction of sp³-hybridized carbons (Fsp3) is 0. The Balaban J connectivity index is 1.54. The molecule has 5 heteroatoms. The van der Waals surface area contributed by atoms with Crippen molar-refractivity contribution in [3.8, 4) is 11.5 Å². The summed E-state index contributed by atoms with van der Waals surface area (Å²) in [7, 11) is 0. The summed E-state index contributed by atoms with van der Waals surface area (Å²) in [4.78, 5) is 28.4. The molecule has 6 rings (SSSR count). The van der Waals surface area contributed by atoms with Gasteiger partial charge in [0.25, 0.3) is 0 Å². The molecule has 0 amide bonds. The van der Waals surface area contributed by atoms with Gasteiger partial charge in [-0.05, 0) is 54.6 Å². The van der Waals surface area contributed by atoms with Gasteiger partial charge in [-0.15, -0.1) is 0 Å². The fourth-order valence-corrected chi connectivity index (χ4v) is 5.32. The molecule has 0 radical (unpaired) electrons. The van der Waals surface area contributed by atoms with Gasteiger partial charge in [0.1, 0.15) is 11.5 Å². The Morgan fingerprint density at radius 3 is 1.41 bits per heavy atom. The maximum atomic E-state index is 13.2. The highest BCUT2D eigenvalue weighted by molar-refractivity contribution is 7.99. The van der Waals surface area contributed by atoms with Gasteiger partial charge >= 0.3 is 11.9 Å². The fourth-order valence-electron chi connectivity index (χ4n) is 4.44. The summed E-state index contributed by atoms with van der Waals surface area (Å²) in [6, 6.07) is 41.2. The van der Waals surface area contributed by atoms with Crippen molar-refractivity contribution < 1.29 is 19.1 Å². The van der Waals surface area contributed by atoms with Gasteiger partial charge in [-0.3, -0.25) is 0 Å². The van der Waals surface area contributed by atoms with Crippen molar-refractivity contribution in [2.75, 3.05) is 0 Å². The van der Waals surface area contributed by atoms with Crippen LogP contribution in [0.1, 0.15) is 20.7 Å². The molecule has 0 aliphatic carbocycles. The average molecular weight is 527 g/mol. The first-order chi connectivity index (χ1) is 19.2. The maximum absolute atomic E-state index is 13.2. The van der Waals surface area contributed by atoms with Crippen LogP contribution in [0.3, 0.4) is 0 Å². The molecule has 0 N–H and O–H groups in total. The Kier molecular flexibility index (Phi) is 6.81. The third kappa shape index (κ3) is 5.13. The van der Waals surface area contributed by atoms with Gasteiger partial charge in [0.2, 0.25) is 0 Å².